The lowest BCUT2D eigenvalue weighted by Crippen LogP contribution is -2.11. The molecule has 4 nitrogen and oxygen atoms in total. The number of phenols is 1. The highest BCUT2D eigenvalue weighted by Gasteiger charge is 2.39. The zero-order valence-electron chi connectivity index (χ0n) is 18.6. The topological polar surface area (TPSA) is 54.7 Å². The van der Waals surface area contributed by atoms with Gasteiger partial charge < -0.3 is 9.84 Å². The van der Waals surface area contributed by atoms with Crippen LogP contribution < -0.4 is 4.74 Å². The van der Waals surface area contributed by atoms with Crippen molar-refractivity contribution in [3.05, 3.63) is 120 Å². The van der Waals surface area contributed by atoms with Crippen LogP contribution in [0.15, 0.2) is 108 Å². The average Bonchev–Trinajstić information content (AvgIpc) is 3.36. The maximum Gasteiger partial charge on any atom is 0.219 e. The van der Waals surface area contributed by atoms with Gasteiger partial charge in [0, 0.05) is 17.0 Å². The number of fused-ring (bicyclic) bond motifs is 7. The van der Waals surface area contributed by atoms with E-state index in [1.807, 2.05) is 48.2 Å². The van der Waals surface area contributed by atoms with E-state index in [4.69, 9.17) is 9.73 Å². The molecular formula is C30H20N2O2S. The molecule has 1 aliphatic heterocycles. The normalized spacial score (nSPS) is 17.9. The molecule has 0 bridgehead atoms. The maximum absolute atomic E-state index is 10.2. The van der Waals surface area contributed by atoms with Crippen molar-refractivity contribution in [3.8, 4) is 28.5 Å². The van der Waals surface area contributed by atoms with Crippen molar-refractivity contribution >= 4 is 27.7 Å². The number of aromatic hydroxyl groups is 1. The van der Waals surface area contributed by atoms with Gasteiger partial charge in [-0.2, -0.15) is 0 Å². The summed E-state index contributed by atoms with van der Waals surface area (Å²) in [6.45, 7) is 0. The Hall–Kier alpha value is -4.09. The fourth-order valence-corrected chi connectivity index (χ4v) is 6.34. The number of thioether (sulfide) groups is 1. The molecule has 5 heteroatoms. The molecule has 0 fully saturated rings. The number of aliphatic imine (C=N–C) groups is 1. The first-order valence-corrected chi connectivity index (χ1v) is 12.4. The van der Waals surface area contributed by atoms with Gasteiger partial charge in [-0.3, -0.25) is 4.99 Å². The molecule has 1 aliphatic carbocycles. The van der Waals surface area contributed by atoms with E-state index in [0.29, 0.717) is 17.1 Å². The van der Waals surface area contributed by atoms with E-state index in [-0.39, 0.29) is 17.0 Å². The number of pyridine rings is 1. The summed E-state index contributed by atoms with van der Waals surface area (Å²) < 4.78 is 6.09. The first-order valence-electron chi connectivity index (χ1n) is 11.5. The van der Waals surface area contributed by atoms with Gasteiger partial charge in [0.2, 0.25) is 5.88 Å². The first-order chi connectivity index (χ1) is 17.2. The van der Waals surface area contributed by atoms with Crippen molar-refractivity contribution in [3.63, 3.8) is 0 Å². The quantitative estimate of drug-likeness (QED) is 0.292. The second-order valence-electron chi connectivity index (χ2n) is 8.72. The Kier molecular flexibility index (Phi) is 4.64. The van der Waals surface area contributed by atoms with Gasteiger partial charge >= 0.3 is 0 Å². The molecule has 1 aromatic heterocycles. The number of phenolic OH excluding ortho intramolecular Hbond substituents is 1. The van der Waals surface area contributed by atoms with Gasteiger partial charge in [-0.1, -0.05) is 84.6 Å². The van der Waals surface area contributed by atoms with Crippen LogP contribution in [-0.2, 0) is 0 Å². The number of benzene rings is 4. The molecular weight excluding hydrogens is 452 g/mol. The van der Waals surface area contributed by atoms with Gasteiger partial charge in [-0.05, 0) is 46.5 Å². The summed E-state index contributed by atoms with van der Waals surface area (Å²) in [6, 6.07) is 34.4. The van der Waals surface area contributed by atoms with Crippen molar-refractivity contribution in [2.24, 2.45) is 4.99 Å². The molecule has 0 spiro atoms. The minimum atomic E-state index is 0.0933. The van der Waals surface area contributed by atoms with Crippen LogP contribution in [0, 0.1) is 0 Å². The third kappa shape index (κ3) is 3.39. The van der Waals surface area contributed by atoms with Crippen molar-refractivity contribution in [2.75, 3.05) is 0 Å². The number of hydrogen-bond donors (Lipinski definition) is 1. The molecule has 0 saturated carbocycles. The fourth-order valence-electron chi connectivity index (χ4n) is 4.99. The van der Waals surface area contributed by atoms with Gasteiger partial charge in [0.25, 0.3) is 0 Å². The molecule has 0 unspecified atom stereocenters. The van der Waals surface area contributed by atoms with Crippen LogP contribution in [0.1, 0.15) is 28.0 Å². The number of nitrogens with zero attached hydrogens (tertiary/aromatic N) is 2. The summed E-state index contributed by atoms with van der Waals surface area (Å²) in [5, 5.41) is 12.3. The molecule has 0 saturated heterocycles. The van der Waals surface area contributed by atoms with Crippen LogP contribution in [-0.4, -0.2) is 15.1 Å². The number of ether oxygens (including phenoxy) is 1. The second kappa shape index (κ2) is 8.00. The van der Waals surface area contributed by atoms with Gasteiger partial charge in [0.05, 0.1) is 16.3 Å². The van der Waals surface area contributed by atoms with Crippen LogP contribution in [0.4, 0.5) is 0 Å². The molecule has 1 N–H and O–H groups in total. The van der Waals surface area contributed by atoms with Crippen LogP contribution in [0.25, 0.3) is 22.0 Å². The van der Waals surface area contributed by atoms with E-state index in [9.17, 15) is 5.11 Å². The van der Waals surface area contributed by atoms with Crippen LogP contribution in [0.3, 0.4) is 0 Å². The Morgan fingerprint density at radius 3 is 2.40 bits per heavy atom. The molecule has 5 aromatic rings. The third-order valence-corrected chi connectivity index (χ3v) is 7.93. The molecule has 168 valence electrons. The van der Waals surface area contributed by atoms with Crippen LogP contribution in [0.2, 0.25) is 0 Å². The number of aromatic nitrogens is 1. The zero-order valence-corrected chi connectivity index (χ0v) is 19.4. The molecule has 2 aliphatic rings. The number of para-hydroxylation sites is 1. The standard InChI is InChI=1S/C30H20N2O2S/c33-25-14-6-7-18-15-16-26(31-27(18)25)34-20-9-5-8-19(17-20)30-32-28-23-12-3-1-10-21(23)22-11-2-4-13-24(22)29(28)35-30/h1-17,28-29,33H/t28-,29+/m0/s1. The zero-order chi connectivity index (χ0) is 23.4. The van der Waals surface area contributed by atoms with Crippen LogP contribution in [0.5, 0.6) is 17.4 Å². The van der Waals surface area contributed by atoms with E-state index in [1.165, 1.54) is 22.3 Å². The van der Waals surface area contributed by atoms with Crippen molar-refractivity contribution in [1.29, 1.82) is 0 Å². The van der Waals surface area contributed by atoms with E-state index < -0.39 is 0 Å². The summed E-state index contributed by atoms with van der Waals surface area (Å²) in [6.07, 6.45) is 0. The van der Waals surface area contributed by atoms with E-state index in [2.05, 4.69) is 59.6 Å². The summed E-state index contributed by atoms with van der Waals surface area (Å²) in [5.74, 6) is 1.26. The Balaban J connectivity index is 1.23. The predicted octanol–water partition coefficient (Wildman–Crippen LogP) is 7.69. The molecule has 2 heterocycles. The Labute approximate surface area is 207 Å². The molecule has 7 rings (SSSR count). The Bertz CT molecular complexity index is 1650. The van der Waals surface area contributed by atoms with Crippen LogP contribution >= 0.6 is 11.8 Å². The minimum Gasteiger partial charge on any atom is -0.506 e. The SMILES string of the molecule is Oc1cccc2ccc(Oc3cccc(C4=N[C@H]5c6ccccc6-c6ccccc6[C@H]5S4)c3)nc12. The second-order valence-corrected chi connectivity index (χ2v) is 9.85. The maximum atomic E-state index is 10.2. The highest BCUT2D eigenvalue weighted by atomic mass is 32.2. The highest BCUT2D eigenvalue weighted by Crippen LogP contribution is 2.56. The van der Waals surface area contributed by atoms with Gasteiger partial charge in [0.1, 0.15) is 17.0 Å². The molecule has 35 heavy (non-hydrogen) atoms. The number of rotatable bonds is 3. The van der Waals surface area contributed by atoms with Crippen molar-refractivity contribution in [1.82, 2.24) is 4.98 Å². The molecule has 2 atom stereocenters. The molecule has 0 amide bonds. The van der Waals surface area contributed by atoms with Crippen molar-refractivity contribution < 1.29 is 9.84 Å². The fraction of sp³-hybridized carbons (Fsp3) is 0.0667. The Morgan fingerprint density at radius 1 is 0.743 bits per heavy atom. The van der Waals surface area contributed by atoms with E-state index in [0.717, 1.165) is 16.0 Å². The summed E-state index contributed by atoms with van der Waals surface area (Å²) in [5.41, 5.74) is 6.76. The minimum absolute atomic E-state index is 0.0933. The molecule has 4 aromatic carbocycles. The Morgan fingerprint density at radius 2 is 1.51 bits per heavy atom. The van der Waals surface area contributed by atoms with Crippen molar-refractivity contribution in [2.45, 2.75) is 11.3 Å². The van der Waals surface area contributed by atoms with Gasteiger partial charge in [-0.25, -0.2) is 4.98 Å². The summed E-state index contributed by atoms with van der Waals surface area (Å²) >= 11 is 1.82. The van der Waals surface area contributed by atoms with Gasteiger partial charge in [-0.15, -0.1) is 0 Å². The van der Waals surface area contributed by atoms with E-state index >= 15 is 0 Å². The lowest BCUT2D eigenvalue weighted by molar-refractivity contribution is 0.460. The summed E-state index contributed by atoms with van der Waals surface area (Å²) in [4.78, 5) is 9.70. The largest absolute Gasteiger partial charge is 0.506 e. The monoisotopic (exact) mass is 472 g/mol. The molecule has 0 radical (unpaired) electrons. The smallest absolute Gasteiger partial charge is 0.219 e. The predicted molar refractivity (Wildman–Crippen MR) is 141 cm³/mol. The van der Waals surface area contributed by atoms with Gasteiger partial charge in [0.15, 0.2) is 0 Å². The van der Waals surface area contributed by atoms with E-state index in [1.54, 1.807) is 12.1 Å². The first kappa shape index (κ1) is 20.3. The average molecular weight is 473 g/mol. The summed E-state index contributed by atoms with van der Waals surface area (Å²) in [7, 11) is 0. The number of hydrogen-bond acceptors (Lipinski definition) is 5. The lowest BCUT2D eigenvalue weighted by Gasteiger charge is -2.28. The third-order valence-electron chi connectivity index (χ3n) is 6.60. The highest BCUT2D eigenvalue weighted by molar-refractivity contribution is 8.14. The lowest BCUT2D eigenvalue weighted by atomic mass is 9.82.